The molecule has 58 valence electrons. The van der Waals surface area contributed by atoms with Crippen LogP contribution in [-0.2, 0) is 4.74 Å². The average Bonchev–Trinajstić information content (AvgIpc) is 1.91. The van der Waals surface area contributed by atoms with Crippen LogP contribution in [0.15, 0.2) is 17.3 Å². The zero-order chi connectivity index (χ0) is 7.98. The number of rotatable bonds is 3. The molecule has 0 aromatic rings. The fourth-order valence-corrected chi connectivity index (χ4v) is 1.03. The van der Waals surface area contributed by atoms with Crippen LogP contribution in [0.2, 0.25) is 0 Å². The number of nitrogens with zero attached hydrogens (tertiary/aromatic N) is 1. The molecule has 2 nitrogen and oxygen atoms in total. The van der Waals surface area contributed by atoms with Gasteiger partial charge in [-0.05, 0) is 13.2 Å². The van der Waals surface area contributed by atoms with Crippen LogP contribution in [0.4, 0.5) is 0 Å². The Balaban J connectivity index is 3.91. The highest BCUT2D eigenvalue weighted by Crippen LogP contribution is 2.07. The fourth-order valence-electron chi connectivity index (χ4n) is 0.566. The predicted molar refractivity (Wildman–Crippen MR) is 47.6 cm³/mol. The van der Waals surface area contributed by atoms with Gasteiger partial charge in [-0.3, -0.25) is 4.99 Å². The first-order valence-electron chi connectivity index (χ1n) is 3.09. The van der Waals surface area contributed by atoms with E-state index in [1.165, 1.54) is 0 Å². The lowest BCUT2D eigenvalue weighted by Crippen LogP contribution is -2.00. The van der Waals surface area contributed by atoms with Gasteiger partial charge >= 0.3 is 0 Å². The summed E-state index contributed by atoms with van der Waals surface area (Å²) in [6, 6.07) is 0. The molecule has 10 heavy (non-hydrogen) atoms. The molecule has 0 aromatic heterocycles. The van der Waals surface area contributed by atoms with Crippen molar-refractivity contribution in [2.45, 2.75) is 6.92 Å². The van der Waals surface area contributed by atoms with Crippen LogP contribution in [0.3, 0.4) is 0 Å². The summed E-state index contributed by atoms with van der Waals surface area (Å²) in [4.78, 5) is 3.98. The maximum absolute atomic E-state index is 5.14. The van der Waals surface area contributed by atoms with Crippen molar-refractivity contribution in [3.63, 3.8) is 0 Å². The summed E-state index contributed by atoms with van der Waals surface area (Å²) >= 11 is 1.54. The number of aliphatic imine (C=N–C) groups is 1. The minimum Gasteiger partial charge on any atom is -0.492 e. The monoisotopic (exact) mass is 159 g/mol. The highest BCUT2D eigenvalue weighted by molar-refractivity contribution is 8.13. The lowest BCUT2D eigenvalue weighted by atomic mass is 10.6. The quantitative estimate of drug-likeness (QED) is 0.356. The van der Waals surface area contributed by atoms with E-state index in [-0.39, 0.29) is 0 Å². The van der Waals surface area contributed by atoms with E-state index in [1.807, 2.05) is 13.2 Å². The molecule has 0 N–H and O–H groups in total. The summed E-state index contributed by atoms with van der Waals surface area (Å²) in [5, 5.41) is 0.863. The van der Waals surface area contributed by atoms with Crippen molar-refractivity contribution in [2.24, 2.45) is 4.99 Å². The van der Waals surface area contributed by atoms with E-state index >= 15 is 0 Å². The summed E-state index contributed by atoms with van der Waals surface area (Å²) in [6.07, 6.45) is 1.95. The molecular weight excluding hydrogens is 146 g/mol. The van der Waals surface area contributed by atoms with Gasteiger partial charge in [0.2, 0.25) is 0 Å². The lowest BCUT2D eigenvalue weighted by Gasteiger charge is -2.05. The smallest absolute Gasteiger partial charge is 0.143 e. The third-order valence-electron chi connectivity index (χ3n) is 0.954. The number of hydrogen-bond acceptors (Lipinski definition) is 3. The minimum atomic E-state index is 0.651. The molecule has 3 heteroatoms. The second kappa shape index (κ2) is 5.35. The molecule has 0 aliphatic carbocycles. The molecule has 0 saturated carbocycles. The Kier molecular flexibility index (Phi) is 5.12. The van der Waals surface area contributed by atoms with E-state index in [4.69, 9.17) is 4.74 Å². The molecule has 0 rings (SSSR count). The van der Waals surface area contributed by atoms with Crippen molar-refractivity contribution in [3.8, 4) is 0 Å². The number of hydrogen-bond donors (Lipinski definition) is 0. The van der Waals surface area contributed by atoms with Crippen LogP contribution in [0.5, 0.6) is 0 Å². The van der Waals surface area contributed by atoms with E-state index in [0.717, 1.165) is 5.04 Å². The van der Waals surface area contributed by atoms with Gasteiger partial charge in [0.25, 0.3) is 0 Å². The largest absolute Gasteiger partial charge is 0.492 e. The van der Waals surface area contributed by atoms with Gasteiger partial charge in [0, 0.05) is 7.05 Å². The van der Waals surface area contributed by atoms with E-state index in [1.54, 1.807) is 18.8 Å². The molecule has 0 amide bonds. The summed E-state index contributed by atoms with van der Waals surface area (Å²) in [5.74, 6) is 0.664. The van der Waals surface area contributed by atoms with Crippen molar-refractivity contribution in [3.05, 3.63) is 12.3 Å². The van der Waals surface area contributed by atoms with Gasteiger partial charge in [-0.15, -0.1) is 11.8 Å². The van der Waals surface area contributed by atoms with Gasteiger partial charge in [-0.2, -0.15) is 0 Å². The molecule has 0 aliphatic heterocycles. The second-order valence-corrected chi connectivity index (χ2v) is 2.38. The molecule has 0 bridgehead atoms. The first-order valence-corrected chi connectivity index (χ1v) is 4.31. The summed E-state index contributed by atoms with van der Waals surface area (Å²) < 4.78 is 5.14. The van der Waals surface area contributed by atoms with E-state index < -0.39 is 0 Å². The molecule has 0 radical (unpaired) electrons. The molecule has 0 fully saturated rings. The van der Waals surface area contributed by atoms with Gasteiger partial charge in [0.15, 0.2) is 0 Å². The van der Waals surface area contributed by atoms with E-state index in [0.29, 0.717) is 12.4 Å². The maximum Gasteiger partial charge on any atom is 0.143 e. The Bertz CT molecular complexity index is 143. The van der Waals surface area contributed by atoms with Crippen molar-refractivity contribution in [2.75, 3.05) is 19.9 Å². The molecule has 0 heterocycles. The normalized spacial score (nSPS) is 11.3. The highest BCUT2D eigenvalue weighted by atomic mass is 32.2. The molecule has 0 spiro atoms. The summed E-state index contributed by atoms with van der Waals surface area (Å²) in [5.41, 5.74) is 0. The SMILES string of the molecule is C=C(OCC)C(=NC)SC. The van der Waals surface area contributed by atoms with Crippen molar-refractivity contribution >= 4 is 16.8 Å². The third kappa shape index (κ3) is 2.92. The Morgan fingerprint density at radius 1 is 1.70 bits per heavy atom. The van der Waals surface area contributed by atoms with Crippen molar-refractivity contribution in [1.82, 2.24) is 0 Å². The van der Waals surface area contributed by atoms with Crippen LogP contribution in [-0.4, -0.2) is 25.0 Å². The first kappa shape index (κ1) is 9.56. The van der Waals surface area contributed by atoms with Crippen LogP contribution in [0.1, 0.15) is 6.92 Å². The Hall–Kier alpha value is -0.440. The Morgan fingerprint density at radius 3 is 2.60 bits per heavy atom. The average molecular weight is 159 g/mol. The zero-order valence-corrected chi connectivity index (χ0v) is 7.49. The van der Waals surface area contributed by atoms with Gasteiger partial charge in [-0.25, -0.2) is 0 Å². The predicted octanol–water partition coefficient (Wildman–Crippen LogP) is 1.93. The van der Waals surface area contributed by atoms with Crippen LogP contribution in [0, 0.1) is 0 Å². The standard InChI is InChI=1S/C7H13NOS/c1-5-9-6(2)7(8-3)10-4/h2,5H2,1,3-4H3. The molecular formula is C7H13NOS. The van der Waals surface area contributed by atoms with Gasteiger partial charge in [-0.1, -0.05) is 6.58 Å². The zero-order valence-electron chi connectivity index (χ0n) is 6.68. The topological polar surface area (TPSA) is 21.6 Å². The van der Waals surface area contributed by atoms with E-state index in [2.05, 4.69) is 11.6 Å². The van der Waals surface area contributed by atoms with Gasteiger partial charge in [0.1, 0.15) is 10.8 Å². The molecule has 0 unspecified atom stereocenters. The number of thioether (sulfide) groups is 1. The highest BCUT2D eigenvalue weighted by Gasteiger charge is 2.00. The van der Waals surface area contributed by atoms with Gasteiger partial charge in [0.05, 0.1) is 6.61 Å². The molecule has 0 aliphatic rings. The Morgan fingerprint density at radius 2 is 2.30 bits per heavy atom. The minimum absolute atomic E-state index is 0.651. The molecule has 0 saturated heterocycles. The Labute approximate surface area is 66.4 Å². The summed E-state index contributed by atoms with van der Waals surface area (Å²) in [6.45, 7) is 6.29. The van der Waals surface area contributed by atoms with Crippen LogP contribution in [0.25, 0.3) is 0 Å². The lowest BCUT2D eigenvalue weighted by molar-refractivity contribution is 0.252. The van der Waals surface area contributed by atoms with Crippen molar-refractivity contribution < 1.29 is 4.74 Å². The van der Waals surface area contributed by atoms with Crippen molar-refractivity contribution in [1.29, 1.82) is 0 Å². The second-order valence-electron chi connectivity index (χ2n) is 1.59. The summed E-state index contributed by atoms with van der Waals surface area (Å²) in [7, 11) is 1.73. The first-order chi connectivity index (χ1) is 4.76. The molecule has 0 atom stereocenters. The third-order valence-corrected chi connectivity index (χ3v) is 1.75. The molecule has 0 aromatic carbocycles. The van der Waals surface area contributed by atoms with Gasteiger partial charge < -0.3 is 4.74 Å². The maximum atomic E-state index is 5.14. The van der Waals surface area contributed by atoms with E-state index in [9.17, 15) is 0 Å². The number of ether oxygens (including phenoxy) is 1. The van der Waals surface area contributed by atoms with Crippen LogP contribution >= 0.6 is 11.8 Å². The fraction of sp³-hybridized carbons (Fsp3) is 0.571. The van der Waals surface area contributed by atoms with Crippen LogP contribution < -0.4 is 0 Å².